The highest BCUT2D eigenvalue weighted by molar-refractivity contribution is 14.0. The van der Waals surface area contributed by atoms with Crippen LogP contribution < -0.4 is 5.32 Å². The molecule has 0 spiro atoms. The van der Waals surface area contributed by atoms with Crippen molar-refractivity contribution < 1.29 is 9.53 Å². The van der Waals surface area contributed by atoms with Gasteiger partial charge in [-0.2, -0.15) is 0 Å². The van der Waals surface area contributed by atoms with Crippen LogP contribution in [0.1, 0.15) is 26.2 Å². The molecule has 3 rings (SSSR count). The van der Waals surface area contributed by atoms with E-state index in [1.165, 1.54) is 38.9 Å². The van der Waals surface area contributed by atoms with Crippen LogP contribution in [-0.4, -0.2) is 124 Å². The molecule has 1 amide bonds. The summed E-state index contributed by atoms with van der Waals surface area (Å²) in [5.41, 5.74) is 0. The van der Waals surface area contributed by atoms with Crippen LogP contribution in [0.2, 0.25) is 0 Å². The van der Waals surface area contributed by atoms with E-state index in [0.717, 1.165) is 57.7 Å². The van der Waals surface area contributed by atoms with Crippen LogP contribution in [0.25, 0.3) is 0 Å². The van der Waals surface area contributed by atoms with E-state index in [4.69, 9.17) is 4.74 Å². The number of likely N-dealkylation sites (tertiary alicyclic amines) is 1. The number of piperidine rings is 1. The third-order valence-electron chi connectivity index (χ3n) is 6.60. The van der Waals surface area contributed by atoms with E-state index in [1.54, 1.807) is 0 Å². The van der Waals surface area contributed by atoms with Crippen molar-refractivity contribution in [3.05, 3.63) is 0 Å². The molecule has 0 aromatic carbocycles. The van der Waals surface area contributed by atoms with Crippen molar-refractivity contribution in [1.29, 1.82) is 0 Å². The first-order valence-corrected chi connectivity index (χ1v) is 11.5. The monoisotopic (exact) mass is 536 g/mol. The summed E-state index contributed by atoms with van der Waals surface area (Å²) in [6, 6.07) is 0. The molecule has 0 bridgehead atoms. The predicted molar refractivity (Wildman–Crippen MR) is 132 cm³/mol. The first-order valence-electron chi connectivity index (χ1n) is 11.5. The summed E-state index contributed by atoms with van der Waals surface area (Å²) in [5.74, 6) is 2.08. The fraction of sp³-hybridized carbons (Fsp3) is 0.905. The van der Waals surface area contributed by atoms with Crippen molar-refractivity contribution in [3.8, 4) is 0 Å². The summed E-state index contributed by atoms with van der Waals surface area (Å²) in [4.78, 5) is 26.0. The van der Waals surface area contributed by atoms with Gasteiger partial charge in [-0.25, -0.2) is 0 Å². The molecule has 3 aliphatic heterocycles. The molecule has 0 unspecified atom stereocenters. The zero-order valence-corrected chi connectivity index (χ0v) is 21.2. The minimum atomic E-state index is 0. The third-order valence-corrected chi connectivity index (χ3v) is 6.60. The molecule has 3 saturated heterocycles. The number of morpholine rings is 1. The van der Waals surface area contributed by atoms with Gasteiger partial charge in [-0.15, -0.1) is 24.0 Å². The summed E-state index contributed by atoms with van der Waals surface area (Å²) < 4.78 is 5.34. The zero-order valence-electron chi connectivity index (χ0n) is 18.9. The van der Waals surface area contributed by atoms with E-state index in [0.29, 0.717) is 19.8 Å². The van der Waals surface area contributed by atoms with Gasteiger partial charge in [0.15, 0.2) is 5.96 Å². The van der Waals surface area contributed by atoms with Crippen LogP contribution in [0, 0.1) is 5.92 Å². The highest BCUT2D eigenvalue weighted by Crippen LogP contribution is 2.19. The van der Waals surface area contributed by atoms with Gasteiger partial charge in [-0.1, -0.05) is 6.92 Å². The maximum absolute atomic E-state index is 12.4. The Hall–Kier alpha value is -0.650. The number of amides is 1. The number of ether oxygens (including phenoxy) is 1. The number of rotatable bonds is 6. The standard InChI is InChI=1S/C21H40N6O2.HI/c1-3-24-8-5-19(6-9-24)4-7-23-21(22-2)27-12-10-25(11-13-27)18-20(28)26-14-16-29-17-15-26;/h19H,3-18H2,1-2H3,(H,22,23);1H. The molecular weight excluding hydrogens is 495 g/mol. The Morgan fingerprint density at radius 3 is 2.23 bits per heavy atom. The molecule has 0 aromatic heterocycles. The molecule has 3 aliphatic rings. The van der Waals surface area contributed by atoms with Crippen molar-refractivity contribution in [1.82, 2.24) is 24.9 Å². The first-order chi connectivity index (χ1) is 14.2. The summed E-state index contributed by atoms with van der Waals surface area (Å²) in [7, 11) is 1.87. The Bertz CT molecular complexity index is 528. The van der Waals surface area contributed by atoms with Gasteiger partial charge in [0.25, 0.3) is 0 Å². The molecule has 0 aromatic rings. The summed E-state index contributed by atoms with van der Waals surface area (Å²) in [6.45, 7) is 13.9. The van der Waals surface area contributed by atoms with Crippen LogP contribution in [0.4, 0.5) is 0 Å². The molecule has 174 valence electrons. The number of piperazine rings is 1. The minimum absolute atomic E-state index is 0. The lowest BCUT2D eigenvalue weighted by Gasteiger charge is -2.37. The van der Waals surface area contributed by atoms with Gasteiger partial charge in [0, 0.05) is 52.9 Å². The van der Waals surface area contributed by atoms with Crippen molar-refractivity contribution in [2.45, 2.75) is 26.2 Å². The van der Waals surface area contributed by atoms with Crippen molar-refractivity contribution >= 4 is 35.8 Å². The van der Waals surface area contributed by atoms with Gasteiger partial charge in [-0.3, -0.25) is 14.7 Å². The Labute approximate surface area is 199 Å². The normalized spacial score (nSPS) is 22.7. The van der Waals surface area contributed by atoms with Gasteiger partial charge in [0.2, 0.25) is 5.91 Å². The number of nitrogens with one attached hydrogen (secondary N) is 1. The van der Waals surface area contributed by atoms with Gasteiger partial charge in [0.05, 0.1) is 19.8 Å². The molecular formula is C21H41IN6O2. The Balaban J connectivity index is 0.00000320. The molecule has 0 atom stereocenters. The Morgan fingerprint density at radius 1 is 0.967 bits per heavy atom. The van der Waals surface area contributed by atoms with Crippen molar-refractivity contribution in [2.75, 3.05) is 92.3 Å². The number of aliphatic imine (C=N–C) groups is 1. The van der Waals surface area contributed by atoms with Crippen LogP contribution in [0.5, 0.6) is 0 Å². The molecule has 30 heavy (non-hydrogen) atoms. The van der Waals surface area contributed by atoms with Gasteiger partial charge < -0.3 is 24.8 Å². The molecule has 0 aliphatic carbocycles. The first kappa shape index (κ1) is 25.6. The number of carbonyl (C=O) groups excluding carboxylic acids is 1. The lowest BCUT2D eigenvalue weighted by molar-refractivity contribution is -0.136. The van der Waals surface area contributed by atoms with Gasteiger partial charge in [-0.05, 0) is 44.8 Å². The number of hydrogen-bond donors (Lipinski definition) is 1. The minimum Gasteiger partial charge on any atom is -0.378 e. The summed E-state index contributed by atoms with van der Waals surface area (Å²) in [5, 5.41) is 3.57. The summed E-state index contributed by atoms with van der Waals surface area (Å²) >= 11 is 0. The maximum atomic E-state index is 12.4. The Kier molecular flexibility index (Phi) is 11.7. The number of halogens is 1. The van der Waals surface area contributed by atoms with E-state index in [2.05, 4.69) is 31.9 Å². The molecule has 8 nitrogen and oxygen atoms in total. The second-order valence-electron chi connectivity index (χ2n) is 8.40. The average Bonchev–Trinajstić information content (AvgIpc) is 2.78. The molecule has 3 fully saturated rings. The maximum Gasteiger partial charge on any atom is 0.236 e. The quantitative estimate of drug-likeness (QED) is 0.308. The van der Waals surface area contributed by atoms with Crippen LogP contribution in [0.3, 0.4) is 0 Å². The topological polar surface area (TPSA) is 63.7 Å². The van der Waals surface area contributed by atoms with E-state index in [9.17, 15) is 4.79 Å². The predicted octanol–water partition coefficient (Wildman–Crippen LogP) is 0.778. The summed E-state index contributed by atoms with van der Waals surface area (Å²) in [6.07, 6.45) is 3.87. The van der Waals surface area contributed by atoms with Gasteiger partial charge >= 0.3 is 0 Å². The lowest BCUT2D eigenvalue weighted by Crippen LogP contribution is -2.55. The molecule has 1 N–H and O–H groups in total. The highest BCUT2D eigenvalue weighted by Gasteiger charge is 2.24. The van der Waals surface area contributed by atoms with Crippen molar-refractivity contribution in [3.63, 3.8) is 0 Å². The largest absolute Gasteiger partial charge is 0.378 e. The fourth-order valence-corrected chi connectivity index (χ4v) is 4.53. The van der Waals surface area contributed by atoms with Crippen LogP contribution >= 0.6 is 24.0 Å². The number of carbonyl (C=O) groups is 1. The zero-order chi connectivity index (χ0) is 20.5. The SMILES string of the molecule is CCN1CCC(CCNC(=NC)N2CCN(CC(=O)N3CCOCC3)CC2)CC1.I. The number of nitrogens with zero attached hydrogens (tertiary/aromatic N) is 5. The fourth-order valence-electron chi connectivity index (χ4n) is 4.53. The van der Waals surface area contributed by atoms with Crippen molar-refractivity contribution in [2.24, 2.45) is 10.9 Å². The molecule has 3 heterocycles. The molecule has 0 saturated carbocycles. The van der Waals surface area contributed by atoms with Gasteiger partial charge in [0.1, 0.15) is 0 Å². The van der Waals surface area contributed by atoms with Crippen LogP contribution in [-0.2, 0) is 9.53 Å². The molecule has 0 radical (unpaired) electrons. The lowest BCUT2D eigenvalue weighted by atomic mass is 9.93. The van der Waals surface area contributed by atoms with Crippen LogP contribution in [0.15, 0.2) is 4.99 Å². The smallest absolute Gasteiger partial charge is 0.236 e. The van der Waals surface area contributed by atoms with E-state index < -0.39 is 0 Å². The number of hydrogen-bond acceptors (Lipinski definition) is 5. The molecule has 9 heteroatoms. The van der Waals surface area contributed by atoms with E-state index in [-0.39, 0.29) is 29.9 Å². The second-order valence-corrected chi connectivity index (χ2v) is 8.40. The van der Waals surface area contributed by atoms with E-state index >= 15 is 0 Å². The highest BCUT2D eigenvalue weighted by atomic mass is 127. The second kappa shape index (κ2) is 13.7. The number of guanidine groups is 1. The average molecular weight is 537 g/mol. The third kappa shape index (κ3) is 7.80. The Morgan fingerprint density at radius 2 is 1.63 bits per heavy atom. The van der Waals surface area contributed by atoms with E-state index in [1.807, 2.05) is 11.9 Å².